The van der Waals surface area contributed by atoms with Crippen LogP contribution >= 0.6 is 0 Å². The Balaban J connectivity index is 2.80. The summed E-state index contributed by atoms with van der Waals surface area (Å²) in [5.74, 6) is -0.561. The Labute approximate surface area is 120 Å². The van der Waals surface area contributed by atoms with Crippen LogP contribution in [-0.4, -0.2) is 15.3 Å². The van der Waals surface area contributed by atoms with E-state index in [-0.39, 0.29) is 28.0 Å². The van der Waals surface area contributed by atoms with Crippen molar-refractivity contribution in [2.45, 2.75) is 6.92 Å². The highest BCUT2D eigenvalue weighted by molar-refractivity contribution is 5.89. The summed E-state index contributed by atoms with van der Waals surface area (Å²) >= 11 is 0. The van der Waals surface area contributed by atoms with E-state index in [9.17, 15) is 15.0 Å². The lowest BCUT2D eigenvalue weighted by molar-refractivity contribution is 0.452. The van der Waals surface area contributed by atoms with Crippen molar-refractivity contribution in [3.63, 3.8) is 0 Å². The first-order valence-corrected chi connectivity index (χ1v) is 6.10. The van der Waals surface area contributed by atoms with Crippen LogP contribution in [-0.2, 0) is 0 Å². The van der Waals surface area contributed by atoms with E-state index in [1.807, 2.05) is 0 Å². The molecule has 0 atom stereocenters. The van der Waals surface area contributed by atoms with Crippen molar-refractivity contribution < 1.29 is 19.7 Å². The molecule has 0 radical (unpaired) electrons. The van der Waals surface area contributed by atoms with E-state index in [4.69, 9.17) is 9.52 Å². The minimum atomic E-state index is -0.450. The van der Waals surface area contributed by atoms with E-state index in [0.717, 1.165) is 12.3 Å². The Morgan fingerprint density at radius 1 is 1.33 bits per heavy atom. The van der Waals surface area contributed by atoms with Crippen LogP contribution in [0.4, 0.5) is 0 Å². The molecule has 0 amide bonds. The monoisotopic (exact) mass is 286 g/mol. The van der Waals surface area contributed by atoms with Crippen LogP contribution in [0, 0.1) is 0 Å². The number of rotatable bonds is 3. The zero-order valence-electron chi connectivity index (χ0n) is 11.3. The number of fused-ring (bicyclic) bond motifs is 1. The summed E-state index contributed by atoms with van der Waals surface area (Å²) in [6.07, 6.45) is 4.93. The number of aromatic hydroxyl groups is 2. The largest absolute Gasteiger partial charge is 0.516 e. The second kappa shape index (κ2) is 5.58. The standard InChI is InChI=1S/C16H14O5/c1-9(2)11(4-3-5-17)12-8-21-14-7-10(18)6-13(19)15(14)16(12)20/h3-8,17-19H,1H2,2H3/b5-3+,11-4+. The van der Waals surface area contributed by atoms with E-state index < -0.39 is 5.43 Å². The first-order valence-electron chi connectivity index (χ1n) is 6.10. The highest BCUT2D eigenvalue weighted by Gasteiger charge is 2.15. The van der Waals surface area contributed by atoms with Gasteiger partial charge in [0.25, 0.3) is 0 Å². The van der Waals surface area contributed by atoms with E-state index in [1.165, 1.54) is 24.5 Å². The van der Waals surface area contributed by atoms with Crippen molar-refractivity contribution in [2.75, 3.05) is 0 Å². The molecule has 5 nitrogen and oxygen atoms in total. The molecule has 0 spiro atoms. The summed E-state index contributed by atoms with van der Waals surface area (Å²) in [6.45, 7) is 5.48. The molecule has 0 unspecified atom stereocenters. The van der Waals surface area contributed by atoms with Crippen molar-refractivity contribution in [2.24, 2.45) is 0 Å². The summed E-state index contributed by atoms with van der Waals surface area (Å²) in [4.78, 5) is 12.5. The van der Waals surface area contributed by atoms with Gasteiger partial charge < -0.3 is 19.7 Å². The SMILES string of the molecule is C=C(C)/C(=C\C=C\O)c1coc2cc(O)cc(O)c2c1=O. The van der Waals surface area contributed by atoms with Gasteiger partial charge in [0.2, 0.25) is 5.43 Å². The van der Waals surface area contributed by atoms with Crippen LogP contribution in [0.15, 0.2) is 58.2 Å². The maximum absolute atomic E-state index is 12.5. The second-order valence-corrected chi connectivity index (χ2v) is 4.52. The Morgan fingerprint density at radius 3 is 2.67 bits per heavy atom. The zero-order valence-corrected chi connectivity index (χ0v) is 11.3. The highest BCUT2D eigenvalue weighted by atomic mass is 16.3. The summed E-state index contributed by atoms with van der Waals surface area (Å²) < 4.78 is 5.31. The molecule has 3 N–H and O–H groups in total. The van der Waals surface area contributed by atoms with Crippen molar-refractivity contribution in [1.29, 1.82) is 0 Å². The van der Waals surface area contributed by atoms with Crippen LogP contribution < -0.4 is 5.43 Å². The summed E-state index contributed by atoms with van der Waals surface area (Å²) in [7, 11) is 0. The quantitative estimate of drug-likeness (QED) is 0.595. The third kappa shape index (κ3) is 2.67. The molecule has 0 saturated carbocycles. The third-order valence-corrected chi connectivity index (χ3v) is 2.94. The highest BCUT2D eigenvalue weighted by Crippen LogP contribution is 2.29. The normalized spacial score (nSPS) is 12.1. The minimum absolute atomic E-state index is 0.0228. The molecule has 108 valence electrons. The summed E-state index contributed by atoms with van der Waals surface area (Å²) in [6, 6.07) is 2.32. The zero-order chi connectivity index (χ0) is 15.6. The Hall–Kier alpha value is -2.95. The average molecular weight is 286 g/mol. The van der Waals surface area contributed by atoms with Crippen LogP contribution in [0.5, 0.6) is 11.5 Å². The van der Waals surface area contributed by atoms with Crippen LogP contribution in [0.2, 0.25) is 0 Å². The molecule has 0 aliphatic rings. The molecule has 2 rings (SSSR count). The molecule has 21 heavy (non-hydrogen) atoms. The number of benzene rings is 1. The summed E-state index contributed by atoms with van der Waals surface area (Å²) in [5, 5.41) is 28.0. The maximum atomic E-state index is 12.5. The van der Waals surface area contributed by atoms with Crippen LogP contribution in [0.25, 0.3) is 16.5 Å². The molecule has 2 aromatic rings. The predicted octanol–water partition coefficient (Wildman–Crippen LogP) is 3.24. The van der Waals surface area contributed by atoms with E-state index in [2.05, 4.69) is 6.58 Å². The molecule has 0 aliphatic carbocycles. The first kappa shape index (κ1) is 14.5. The number of phenolic OH excluding ortho intramolecular Hbond substituents is 2. The predicted molar refractivity (Wildman–Crippen MR) is 80.4 cm³/mol. The number of aliphatic hydroxyl groups is 1. The molecule has 0 aliphatic heterocycles. The van der Waals surface area contributed by atoms with Crippen molar-refractivity contribution in [1.82, 2.24) is 0 Å². The molecule has 1 aromatic carbocycles. The van der Waals surface area contributed by atoms with Gasteiger partial charge in [-0.15, -0.1) is 0 Å². The van der Waals surface area contributed by atoms with Gasteiger partial charge in [-0.1, -0.05) is 18.2 Å². The lowest BCUT2D eigenvalue weighted by Crippen LogP contribution is -2.08. The fourth-order valence-corrected chi connectivity index (χ4v) is 2.01. The second-order valence-electron chi connectivity index (χ2n) is 4.52. The molecule has 0 bridgehead atoms. The van der Waals surface area contributed by atoms with Crippen molar-refractivity contribution >= 4 is 16.5 Å². The summed E-state index contributed by atoms with van der Waals surface area (Å²) in [5.41, 5.74) is 0.907. The molecular formula is C16H14O5. The third-order valence-electron chi connectivity index (χ3n) is 2.94. The average Bonchev–Trinajstić information content (AvgIpc) is 2.40. The van der Waals surface area contributed by atoms with Gasteiger partial charge in [0.15, 0.2) is 0 Å². The number of allylic oxidation sites excluding steroid dienone is 4. The number of phenols is 2. The first-order chi connectivity index (χ1) is 9.95. The maximum Gasteiger partial charge on any atom is 0.204 e. The van der Waals surface area contributed by atoms with Gasteiger partial charge in [-0.3, -0.25) is 4.79 Å². The Kier molecular flexibility index (Phi) is 3.84. The van der Waals surface area contributed by atoms with Gasteiger partial charge in [0.1, 0.15) is 28.7 Å². The fourth-order valence-electron chi connectivity index (χ4n) is 2.01. The van der Waals surface area contributed by atoms with E-state index in [0.29, 0.717) is 11.1 Å². The molecule has 1 aromatic heterocycles. The topological polar surface area (TPSA) is 90.9 Å². The Bertz CT molecular complexity index is 824. The molecule has 5 heteroatoms. The van der Waals surface area contributed by atoms with Crippen molar-refractivity contribution in [3.05, 3.63) is 64.7 Å². The molecular weight excluding hydrogens is 272 g/mol. The van der Waals surface area contributed by atoms with Gasteiger partial charge in [0, 0.05) is 12.1 Å². The van der Waals surface area contributed by atoms with Crippen LogP contribution in [0.1, 0.15) is 12.5 Å². The molecule has 0 saturated heterocycles. The lowest BCUT2D eigenvalue weighted by Gasteiger charge is -2.07. The molecule has 0 fully saturated rings. The van der Waals surface area contributed by atoms with Crippen LogP contribution in [0.3, 0.4) is 0 Å². The minimum Gasteiger partial charge on any atom is -0.516 e. The smallest absolute Gasteiger partial charge is 0.204 e. The van der Waals surface area contributed by atoms with Crippen molar-refractivity contribution in [3.8, 4) is 11.5 Å². The number of aliphatic hydroxyl groups excluding tert-OH is 1. The van der Waals surface area contributed by atoms with E-state index in [1.54, 1.807) is 6.92 Å². The number of hydrogen-bond acceptors (Lipinski definition) is 5. The van der Waals surface area contributed by atoms with Gasteiger partial charge in [-0.25, -0.2) is 0 Å². The van der Waals surface area contributed by atoms with Gasteiger partial charge in [-0.2, -0.15) is 0 Å². The van der Waals surface area contributed by atoms with Gasteiger partial charge in [0.05, 0.1) is 11.8 Å². The molecule has 1 heterocycles. The number of hydrogen-bond donors (Lipinski definition) is 3. The lowest BCUT2D eigenvalue weighted by atomic mass is 9.99. The van der Waals surface area contributed by atoms with Gasteiger partial charge in [-0.05, 0) is 18.6 Å². The van der Waals surface area contributed by atoms with E-state index >= 15 is 0 Å². The Morgan fingerprint density at radius 2 is 2.05 bits per heavy atom. The van der Waals surface area contributed by atoms with Gasteiger partial charge >= 0.3 is 0 Å². The fraction of sp³-hybridized carbons (Fsp3) is 0.0625.